The molecule has 20 heavy (non-hydrogen) atoms. The van der Waals surface area contributed by atoms with Crippen LogP contribution in [0.15, 0.2) is 42.9 Å². The van der Waals surface area contributed by atoms with Crippen LogP contribution < -0.4 is 11.1 Å². The molecule has 2 rings (SSSR count). The summed E-state index contributed by atoms with van der Waals surface area (Å²) in [5.74, 6) is 0.0379. The quantitative estimate of drug-likeness (QED) is 0.715. The topological polar surface area (TPSA) is 83.8 Å². The highest BCUT2D eigenvalue weighted by molar-refractivity contribution is 5.75. The van der Waals surface area contributed by atoms with E-state index in [1.54, 1.807) is 12.5 Å². The summed E-state index contributed by atoms with van der Waals surface area (Å²) in [6, 6.07) is 9.76. The Bertz CT molecular complexity index is 510. The zero-order chi connectivity index (χ0) is 14.2. The summed E-state index contributed by atoms with van der Waals surface area (Å²) >= 11 is 0. The Kier molecular flexibility index (Phi) is 5.32. The number of imidazole rings is 1. The molecule has 4 N–H and O–H groups in total. The minimum Gasteiger partial charge on any atom is -0.356 e. The summed E-state index contributed by atoms with van der Waals surface area (Å²) in [4.78, 5) is 18.6. The Morgan fingerprint density at radius 2 is 2.15 bits per heavy atom. The van der Waals surface area contributed by atoms with Crippen molar-refractivity contribution < 1.29 is 4.79 Å². The SMILES string of the molecule is NC(CCC(=O)NCCc1cnc[nH]1)c1ccccc1. The first kappa shape index (κ1) is 14.3. The van der Waals surface area contributed by atoms with Crippen LogP contribution in [0.3, 0.4) is 0 Å². The van der Waals surface area contributed by atoms with Crippen LogP contribution in [0.5, 0.6) is 0 Å². The lowest BCUT2D eigenvalue weighted by molar-refractivity contribution is -0.121. The van der Waals surface area contributed by atoms with Crippen molar-refractivity contribution in [3.8, 4) is 0 Å². The summed E-state index contributed by atoms with van der Waals surface area (Å²) in [5.41, 5.74) is 8.14. The second-order valence-electron chi connectivity index (χ2n) is 4.73. The van der Waals surface area contributed by atoms with Gasteiger partial charge in [-0.3, -0.25) is 4.79 Å². The van der Waals surface area contributed by atoms with Crippen LogP contribution >= 0.6 is 0 Å². The molecule has 0 aliphatic heterocycles. The fourth-order valence-corrected chi connectivity index (χ4v) is 2.00. The summed E-state index contributed by atoms with van der Waals surface area (Å²) in [6.45, 7) is 0.613. The Labute approximate surface area is 118 Å². The average Bonchev–Trinajstić information content (AvgIpc) is 2.99. The van der Waals surface area contributed by atoms with E-state index in [2.05, 4.69) is 15.3 Å². The van der Waals surface area contributed by atoms with E-state index in [9.17, 15) is 4.79 Å². The van der Waals surface area contributed by atoms with Gasteiger partial charge in [0, 0.05) is 37.3 Å². The largest absolute Gasteiger partial charge is 0.356 e. The van der Waals surface area contributed by atoms with Crippen LogP contribution in [-0.4, -0.2) is 22.4 Å². The van der Waals surface area contributed by atoms with E-state index < -0.39 is 0 Å². The highest BCUT2D eigenvalue weighted by Gasteiger charge is 2.08. The molecule has 0 aliphatic rings. The molecule has 1 unspecified atom stereocenters. The molecule has 2 aromatic rings. The first-order valence-corrected chi connectivity index (χ1v) is 6.80. The van der Waals surface area contributed by atoms with Gasteiger partial charge in [0.1, 0.15) is 0 Å². The Hall–Kier alpha value is -2.14. The van der Waals surface area contributed by atoms with Gasteiger partial charge in [0.2, 0.25) is 5.91 Å². The number of aromatic amines is 1. The maximum Gasteiger partial charge on any atom is 0.220 e. The van der Waals surface area contributed by atoms with E-state index in [0.29, 0.717) is 19.4 Å². The third kappa shape index (κ3) is 4.51. The van der Waals surface area contributed by atoms with Crippen molar-refractivity contribution in [2.24, 2.45) is 5.73 Å². The van der Waals surface area contributed by atoms with Crippen molar-refractivity contribution in [2.45, 2.75) is 25.3 Å². The van der Waals surface area contributed by atoms with E-state index >= 15 is 0 Å². The van der Waals surface area contributed by atoms with E-state index in [4.69, 9.17) is 5.73 Å². The zero-order valence-corrected chi connectivity index (χ0v) is 11.4. The first-order chi connectivity index (χ1) is 9.75. The molecule has 0 aliphatic carbocycles. The van der Waals surface area contributed by atoms with Crippen LogP contribution in [0.2, 0.25) is 0 Å². The maximum absolute atomic E-state index is 11.7. The molecule has 5 nitrogen and oxygen atoms in total. The molecule has 106 valence electrons. The molecule has 1 heterocycles. The van der Waals surface area contributed by atoms with Gasteiger partial charge in [-0.1, -0.05) is 30.3 Å². The molecule has 1 amide bonds. The molecular weight excluding hydrogens is 252 g/mol. The number of nitrogens with zero attached hydrogens (tertiary/aromatic N) is 1. The lowest BCUT2D eigenvalue weighted by Crippen LogP contribution is -2.26. The summed E-state index contributed by atoms with van der Waals surface area (Å²) < 4.78 is 0. The molecule has 0 fully saturated rings. The Morgan fingerprint density at radius 1 is 1.35 bits per heavy atom. The second kappa shape index (κ2) is 7.45. The number of carbonyl (C=O) groups is 1. The number of nitrogens with two attached hydrogens (primary N) is 1. The van der Waals surface area contributed by atoms with Gasteiger partial charge in [-0.2, -0.15) is 0 Å². The van der Waals surface area contributed by atoms with Crippen LogP contribution in [0.25, 0.3) is 0 Å². The zero-order valence-electron chi connectivity index (χ0n) is 11.4. The van der Waals surface area contributed by atoms with Crippen molar-refractivity contribution in [1.29, 1.82) is 0 Å². The smallest absolute Gasteiger partial charge is 0.220 e. The van der Waals surface area contributed by atoms with Crippen LogP contribution in [0.4, 0.5) is 0 Å². The molecule has 1 aromatic heterocycles. The summed E-state index contributed by atoms with van der Waals surface area (Å²) in [6.07, 6.45) is 5.25. The third-order valence-electron chi connectivity index (χ3n) is 3.18. The summed E-state index contributed by atoms with van der Waals surface area (Å²) in [7, 11) is 0. The van der Waals surface area contributed by atoms with Crippen molar-refractivity contribution in [2.75, 3.05) is 6.54 Å². The molecule has 0 saturated heterocycles. The Balaban J connectivity index is 1.65. The number of hydrogen-bond donors (Lipinski definition) is 3. The fraction of sp³-hybridized carbons (Fsp3) is 0.333. The number of aromatic nitrogens is 2. The van der Waals surface area contributed by atoms with Crippen molar-refractivity contribution >= 4 is 5.91 Å². The number of benzene rings is 1. The molecular formula is C15H20N4O. The second-order valence-corrected chi connectivity index (χ2v) is 4.73. The van der Waals surface area contributed by atoms with E-state index in [0.717, 1.165) is 17.7 Å². The monoisotopic (exact) mass is 272 g/mol. The van der Waals surface area contributed by atoms with E-state index in [-0.39, 0.29) is 11.9 Å². The molecule has 0 radical (unpaired) electrons. The number of carbonyl (C=O) groups excluding carboxylic acids is 1. The summed E-state index contributed by atoms with van der Waals surface area (Å²) in [5, 5.41) is 2.89. The lowest BCUT2D eigenvalue weighted by Gasteiger charge is -2.11. The van der Waals surface area contributed by atoms with Crippen LogP contribution in [0.1, 0.15) is 30.1 Å². The minimum absolute atomic E-state index is 0.0379. The third-order valence-corrected chi connectivity index (χ3v) is 3.18. The van der Waals surface area contributed by atoms with Crippen LogP contribution in [-0.2, 0) is 11.2 Å². The fourth-order valence-electron chi connectivity index (χ4n) is 2.00. The predicted molar refractivity (Wildman–Crippen MR) is 77.9 cm³/mol. The van der Waals surface area contributed by atoms with Gasteiger partial charge in [0.05, 0.1) is 6.33 Å². The van der Waals surface area contributed by atoms with Gasteiger partial charge in [-0.05, 0) is 12.0 Å². The number of nitrogens with one attached hydrogen (secondary N) is 2. The van der Waals surface area contributed by atoms with Crippen molar-refractivity contribution in [1.82, 2.24) is 15.3 Å². The first-order valence-electron chi connectivity index (χ1n) is 6.80. The number of rotatable bonds is 7. The molecule has 0 saturated carbocycles. The Morgan fingerprint density at radius 3 is 2.85 bits per heavy atom. The van der Waals surface area contributed by atoms with Gasteiger partial charge >= 0.3 is 0 Å². The molecule has 5 heteroatoms. The van der Waals surface area contributed by atoms with Crippen LogP contribution in [0, 0.1) is 0 Å². The predicted octanol–water partition coefficient (Wildman–Crippen LogP) is 1.55. The average molecular weight is 272 g/mol. The maximum atomic E-state index is 11.7. The van der Waals surface area contributed by atoms with Gasteiger partial charge < -0.3 is 16.0 Å². The van der Waals surface area contributed by atoms with Gasteiger partial charge in [-0.15, -0.1) is 0 Å². The molecule has 0 bridgehead atoms. The lowest BCUT2D eigenvalue weighted by atomic mass is 10.0. The molecule has 1 atom stereocenters. The molecule has 0 spiro atoms. The van der Waals surface area contributed by atoms with E-state index in [1.165, 1.54) is 0 Å². The number of amides is 1. The normalized spacial score (nSPS) is 12.1. The van der Waals surface area contributed by atoms with Gasteiger partial charge in [0.25, 0.3) is 0 Å². The van der Waals surface area contributed by atoms with Gasteiger partial charge in [-0.25, -0.2) is 4.98 Å². The highest BCUT2D eigenvalue weighted by atomic mass is 16.1. The highest BCUT2D eigenvalue weighted by Crippen LogP contribution is 2.14. The van der Waals surface area contributed by atoms with Crippen molar-refractivity contribution in [3.05, 3.63) is 54.1 Å². The van der Waals surface area contributed by atoms with Crippen molar-refractivity contribution in [3.63, 3.8) is 0 Å². The minimum atomic E-state index is -0.0884. The number of H-pyrrole nitrogens is 1. The molecule has 1 aromatic carbocycles. The van der Waals surface area contributed by atoms with E-state index in [1.807, 2.05) is 30.3 Å². The number of hydrogen-bond acceptors (Lipinski definition) is 3. The standard InChI is InChI=1S/C15H20N4O/c16-14(12-4-2-1-3-5-12)6-7-15(20)18-9-8-13-10-17-11-19-13/h1-5,10-11,14H,6-9,16H2,(H,17,19)(H,18,20). The van der Waals surface area contributed by atoms with Gasteiger partial charge in [0.15, 0.2) is 0 Å².